The second-order valence-corrected chi connectivity index (χ2v) is 7.22. The summed E-state index contributed by atoms with van der Waals surface area (Å²) >= 11 is 0. The Bertz CT molecular complexity index is 530. The first-order valence-corrected chi connectivity index (χ1v) is 8.97. The van der Waals surface area contributed by atoms with Crippen LogP contribution in [0.3, 0.4) is 0 Å². The standard InChI is InChI=1S/C19H32N4O/c1-15(2)23-10-6-8-17(14-23)13-21-19(24)20-12-16-7-5-9-18(11-16)22(3)4/h5,7,9,11,15,17H,6,8,10,12-14H2,1-4H3,(H2,20,21,24)/t17-/m1/s1. The molecule has 1 aromatic carbocycles. The highest BCUT2D eigenvalue weighted by atomic mass is 16.2. The molecule has 0 radical (unpaired) electrons. The summed E-state index contributed by atoms with van der Waals surface area (Å²) in [5.74, 6) is 0.559. The van der Waals surface area contributed by atoms with Crippen LogP contribution in [0, 0.1) is 5.92 Å². The van der Waals surface area contributed by atoms with Crippen LogP contribution >= 0.6 is 0 Å². The van der Waals surface area contributed by atoms with Crippen LogP contribution in [0.15, 0.2) is 24.3 Å². The third-order valence-electron chi connectivity index (χ3n) is 4.71. The molecule has 2 rings (SSSR count). The van der Waals surface area contributed by atoms with E-state index in [4.69, 9.17) is 0 Å². The fourth-order valence-corrected chi connectivity index (χ4v) is 3.16. The molecule has 1 aliphatic heterocycles. The summed E-state index contributed by atoms with van der Waals surface area (Å²) in [4.78, 5) is 16.6. The maximum atomic E-state index is 12.0. The summed E-state index contributed by atoms with van der Waals surface area (Å²) < 4.78 is 0. The Hall–Kier alpha value is -1.75. The Balaban J connectivity index is 1.72. The lowest BCUT2D eigenvalue weighted by atomic mass is 9.97. The van der Waals surface area contributed by atoms with Crippen molar-refractivity contribution in [2.24, 2.45) is 5.92 Å². The quantitative estimate of drug-likeness (QED) is 0.842. The SMILES string of the molecule is CC(C)N1CCC[C@H](CNC(=O)NCc2cccc(N(C)C)c2)C1. The van der Waals surface area contributed by atoms with Crippen LogP contribution in [0.2, 0.25) is 0 Å². The summed E-state index contributed by atoms with van der Waals surface area (Å²) in [6.45, 7) is 8.06. The maximum absolute atomic E-state index is 12.0. The number of likely N-dealkylation sites (tertiary alicyclic amines) is 1. The zero-order valence-electron chi connectivity index (χ0n) is 15.5. The largest absolute Gasteiger partial charge is 0.378 e. The van der Waals surface area contributed by atoms with Gasteiger partial charge >= 0.3 is 6.03 Å². The van der Waals surface area contributed by atoms with E-state index in [0.717, 1.165) is 24.3 Å². The number of anilines is 1. The van der Waals surface area contributed by atoms with Crippen LogP contribution in [0.5, 0.6) is 0 Å². The zero-order chi connectivity index (χ0) is 17.5. The molecule has 5 heteroatoms. The second kappa shape index (κ2) is 8.92. The Morgan fingerprint density at radius 2 is 2.12 bits per heavy atom. The van der Waals surface area contributed by atoms with Crippen LogP contribution in [0.1, 0.15) is 32.3 Å². The van der Waals surface area contributed by atoms with Crippen molar-refractivity contribution < 1.29 is 4.79 Å². The third-order valence-corrected chi connectivity index (χ3v) is 4.71. The number of piperidine rings is 1. The second-order valence-electron chi connectivity index (χ2n) is 7.22. The number of rotatable bonds is 6. The monoisotopic (exact) mass is 332 g/mol. The van der Waals surface area contributed by atoms with Crippen molar-refractivity contribution >= 4 is 11.7 Å². The molecule has 0 unspecified atom stereocenters. The highest BCUT2D eigenvalue weighted by Crippen LogP contribution is 2.17. The maximum Gasteiger partial charge on any atom is 0.315 e. The highest BCUT2D eigenvalue weighted by molar-refractivity contribution is 5.73. The van der Waals surface area contributed by atoms with Crippen molar-refractivity contribution in [1.29, 1.82) is 0 Å². The minimum Gasteiger partial charge on any atom is -0.378 e. The van der Waals surface area contributed by atoms with E-state index in [1.54, 1.807) is 0 Å². The number of nitrogens with one attached hydrogen (secondary N) is 2. The average Bonchev–Trinajstić information content (AvgIpc) is 2.58. The molecule has 1 heterocycles. The lowest BCUT2D eigenvalue weighted by molar-refractivity contribution is 0.139. The van der Waals surface area contributed by atoms with E-state index in [2.05, 4.69) is 46.4 Å². The lowest BCUT2D eigenvalue weighted by Gasteiger charge is -2.35. The van der Waals surface area contributed by atoms with Crippen LogP contribution in [-0.4, -0.2) is 50.7 Å². The van der Waals surface area contributed by atoms with Gasteiger partial charge in [0.25, 0.3) is 0 Å². The molecule has 134 valence electrons. The summed E-state index contributed by atoms with van der Waals surface area (Å²) in [6.07, 6.45) is 2.43. The first-order valence-electron chi connectivity index (χ1n) is 8.97. The first-order chi connectivity index (χ1) is 11.5. The molecule has 1 aromatic rings. The van der Waals surface area contributed by atoms with E-state index in [1.165, 1.54) is 19.4 Å². The first kappa shape index (κ1) is 18.6. The van der Waals surface area contributed by atoms with Gasteiger partial charge in [0.05, 0.1) is 0 Å². The molecule has 2 amide bonds. The van der Waals surface area contributed by atoms with Gasteiger partial charge in [-0.05, 0) is 56.8 Å². The van der Waals surface area contributed by atoms with Crippen molar-refractivity contribution in [3.63, 3.8) is 0 Å². The highest BCUT2D eigenvalue weighted by Gasteiger charge is 2.21. The van der Waals surface area contributed by atoms with Crippen LogP contribution in [-0.2, 0) is 6.54 Å². The van der Waals surface area contributed by atoms with Gasteiger partial charge in [0, 0.05) is 45.5 Å². The van der Waals surface area contributed by atoms with Gasteiger partial charge in [-0.2, -0.15) is 0 Å². The Kier molecular flexibility index (Phi) is 6.91. The average molecular weight is 332 g/mol. The van der Waals surface area contributed by atoms with E-state index in [-0.39, 0.29) is 6.03 Å². The number of amides is 2. The normalized spacial score (nSPS) is 18.5. The molecule has 24 heavy (non-hydrogen) atoms. The number of hydrogen-bond donors (Lipinski definition) is 2. The molecule has 1 aliphatic rings. The zero-order valence-corrected chi connectivity index (χ0v) is 15.5. The number of hydrogen-bond acceptors (Lipinski definition) is 3. The van der Waals surface area contributed by atoms with E-state index in [0.29, 0.717) is 18.5 Å². The lowest BCUT2D eigenvalue weighted by Crippen LogP contribution is -2.45. The molecular weight excluding hydrogens is 300 g/mol. The Morgan fingerprint density at radius 3 is 2.83 bits per heavy atom. The van der Waals surface area contributed by atoms with Gasteiger partial charge in [0.15, 0.2) is 0 Å². The molecular formula is C19H32N4O. The van der Waals surface area contributed by atoms with Gasteiger partial charge in [-0.15, -0.1) is 0 Å². The fraction of sp³-hybridized carbons (Fsp3) is 0.632. The van der Waals surface area contributed by atoms with Crippen LogP contribution in [0.4, 0.5) is 10.5 Å². The van der Waals surface area contributed by atoms with Gasteiger partial charge < -0.3 is 20.4 Å². The van der Waals surface area contributed by atoms with Crippen molar-refractivity contribution in [1.82, 2.24) is 15.5 Å². The molecule has 5 nitrogen and oxygen atoms in total. The van der Waals surface area contributed by atoms with Crippen molar-refractivity contribution in [2.75, 3.05) is 38.6 Å². The van der Waals surface area contributed by atoms with E-state index >= 15 is 0 Å². The molecule has 1 fully saturated rings. The van der Waals surface area contributed by atoms with E-state index in [9.17, 15) is 4.79 Å². The molecule has 1 atom stereocenters. The number of carbonyl (C=O) groups is 1. The van der Waals surface area contributed by atoms with Gasteiger partial charge in [-0.1, -0.05) is 12.1 Å². The summed E-state index contributed by atoms with van der Waals surface area (Å²) in [5.41, 5.74) is 2.26. The Morgan fingerprint density at radius 1 is 1.33 bits per heavy atom. The minimum absolute atomic E-state index is 0.0769. The smallest absolute Gasteiger partial charge is 0.315 e. The van der Waals surface area contributed by atoms with Crippen LogP contribution < -0.4 is 15.5 Å². The number of urea groups is 1. The molecule has 0 spiro atoms. The van der Waals surface area contributed by atoms with Gasteiger partial charge in [0.1, 0.15) is 0 Å². The van der Waals surface area contributed by atoms with Crippen LogP contribution in [0.25, 0.3) is 0 Å². The van der Waals surface area contributed by atoms with Crippen molar-refractivity contribution in [2.45, 2.75) is 39.3 Å². The van der Waals surface area contributed by atoms with Gasteiger partial charge in [0.2, 0.25) is 0 Å². The predicted molar refractivity (Wildman–Crippen MR) is 100 cm³/mol. The van der Waals surface area contributed by atoms with Crippen molar-refractivity contribution in [3.05, 3.63) is 29.8 Å². The summed E-state index contributed by atoms with van der Waals surface area (Å²) in [6, 6.07) is 8.73. The number of carbonyl (C=O) groups excluding carboxylic acids is 1. The third kappa shape index (κ3) is 5.71. The molecule has 0 saturated carbocycles. The number of nitrogens with zero attached hydrogens (tertiary/aromatic N) is 2. The van der Waals surface area contributed by atoms with E-state index in [1.807, 2.05) is 26.2 Å². The van der Waals surface area contributed by atoms with Crippen molar-refractivity contribution in [3.8, 4) is 0 Å². The molecule has 0 aliphatic carbocycles. The molecule has 1 saturated heterocycles. The van der Waals surface area contributed by atoms with Gasteiger partial charge in [-0.25, -0.2) is 4.79 Å². The fourth-order valence-electron chi connectivity index (χ4n) is 3.16. The number of benzene rings is 1. The topological polar surface area (TPSA) is 47.6 Å². The minimum atomic E-state index is -0.0769. The van der Waals surface area contributed by atoms with E-state index < -0.39 is 0 Å². The summed E-state index contributed by atoms with van der Waals surface area (Å²) in [7, 11) is 4.04. The molecule has 0 bridgehead atoms. The molecule has 2 N–H and O–H groups in total. The van der Waals surface area contributed by atoms with Gasteiger partial charge in [-0.3, -0.25) is 0 Å². The Labute approximate surface area is 146 Å². The summed E-state index contributed by atoms with van der Waals surface area (Å²) in [5, 5.41) is 5.99. The predicted octanol–water partition coefficient (Wildman–Crippen LogP) is 2.67. The molecule has 0 aromatic heterocycles.